The van der Waals surface area contributed by atoms with Crippen molar-refractivity contribution < 1.29 is 47.6 Å². The molecule has 0 aliphatic carbocycles. The molecule has 0 saturated carbocycles. The molecule has 0 bridgehead atoms. The number of methoxy groups -OCH3 is 2. The smallest absolute Gasteiger partial charge is 0.410 e. The Morgan fingerprint density at radius 1 is 0.725 bits per heavy atom. The minimum atomic E-state index is -1.31. The summed E-state index contributed by atoms with van der Waals surface area (Å²) in [6.45, 7) is -0.321. The van der Waals surface area contributed by atoms with E-state index in [2.05, 4.69) is 35.9 Å². The van der Waals surface area contributed by atoms with Crippen LogP contribution in [-0.4, -0.2) is 56.1 Å². The first-order valence-electron chi connectivity index (χ1n) is 11.8. The van der Waals surface area contributed by atoms with Gasteiger partial charge in [0.25, 0.3) is 0 Å². The zero-order valence-electron chi connectivity index (χ0n) is 21.8. The molecule has 2 rings (SSSR count). The molecule has 0 atom stereocenters. The molecule has 0 radical (unpaired) electrons. The van der Waals surface area contributed by atoms with Crippen LogP contribution in [0.15, 0.2) is 36.4 Å². The molecule has 0 spiro atoms. The summed E-state index contributed by atoms with van der Waals surface area (Å²) in [5.41, 5.74) is 6.80. The van der Waals surface area contributed by atoms with Crippen LogP contribution in [0.5, 0.6) is 23.0 Å². The normalized spacial score (nSPS) is 10.3. The summed E-state index contributed by atoms with van der Waals surface area (Å²) >= 11 is 7.97. The lowest BCUT2D eigenvalue weighted by Gasteiger charge is -2.16. The van der Waals surface area contributed by atoms with Crippen LogP contribution in [-0.2, 0) is 32.3 Å². The van der Waals surface area contributed by atoms with Gasteiger partial charge < -0.3 is 28.4 Å². The van der Waals surface area contributed by atoms with Gasteiger partial charge in [0, 0.05) is 11.5 Å². The van der Waals surface area contributed by atoms with E-state index in [-0.39, 0.29) is 49.1 Å². The molecule has 0 aromatic heterocycles. The van der Waals surface area contributed by atoms with Crippen LogP contribution in [0.1, 0.15) is 24.0 Å². The first kappa shape index (κ1) is 32.4. The Kier molecular flexibility index (Phi) is 13.8. The number of hydrogen-bond donors (Lipinski definition) is 5. The van der Waals surface area contributed by atoms with Crippen molar-refractivity contribution in [3.8, 4) is 23.0 Å². The van der Waals surface area contributed by atoms with E-state index in [1.54, 1.807) is 24.3 Å². The molecule has 4 N–H and O–H groups in total. The third-order valence-corrected chi connectivity index (χ3v) is 5.27. The van der Waals surface area contributed by atoms with Crippen molar-refractivity contribution in [2.75, 3.05) is 25.7 Å². The van der Waals surface area contributed by atoms with Crippen LogP contribution in [0.25, 0.3) is 0 Å². The molecule has 2 aromatic carbocycles. The van der Waals surface area contributed by atoms with E-state index < -0.39 is 30.4 Å². The van der Waals surface area contributed by atoms with E-state index in [0.717, 1.165) is 0 Å². The van der Waals surface area contributed by atoms with Gasteiger partial charge in [-0.25, -0.2) is 9.59 Å². The predicted octanol–water partition coefficient (Wildman–Crippen LogP) is 2.55. The number of carbonyl (C=O) groups is 4. The Labute approximate surface area is 241 Å². The summed E-state index contributed by atoms with van der Waals surface area (Å²) in [4.78, 5) is 47.5. The Morgan fingerprint density at radius 2 is 1.12 bits per heavy atom. The Balaban J connectivity index is 1.80. The predicted molar refractivity (Wildman–Crippen MR) is 149 cm³/mol. The van der Waals surface area contributed by atoms with Gasteiger partial charge in [0.2, 0.25) is 0 Å². The second-order valence-corrected chi connectivity index (χ2v) is 8.68. The van der Waals surface area contributed by atoms with E-state index in [1.165, 1.54) is 26.4 Å². The molecule has 15 heteroatoms. The average Bonchev–Trinajstić information content (AvgIpc) is 2.92. The van der Waals surface area contributed by atoms with E-state index in [0.29, 0.717) is 22.6 Å². The molecule has 40 heavy (non-hydrogen) atoms. The number of esters is 2. The number of carbonyl (C=O) groups excluding carboxylic acids is 4. The topological polar surface area (TPSA) is 174 Å². The van der Waals surface area contributed by atoms with Crippen molar-refractivity contribution in [2.45, 2.75) is 32.3 Å². The fraction of sp³-hybridized carbons (Fsp3) is 0.360. The fourth-order valence-electron chi connectivity index (χ4n) is 2.97. The minimum Gasteiger partial charge on any atom is -0.493 e. The lowest BCUT2D eigenvalue weighted by atomic mass is 10.2. The second kappa shape index (κ2) is 17.0. The molecule has 13 nitrogen and oxygen atoms in total. The zero-order chi connectivity index (χ0) is 29.5. The maximum Gasteiger partial charge on any atom is 0.410 e. The highest BCUT2D eigenvalue weighted by Gasteiger charge is 2.16. The number of nitrogens with two attached hydrogens (primary N) is 1. The number of thiol groups is 2. The molecule has 218 valence electrons. The van der Waals surface area contributed by atoms with E-state index in [9.17, 15) is 19.2 Å². The molecule has 0 fully saturated rings. The minimum absolute atomic E-state index is 0.136. The van der Waals surface area contributed by atoms with Gasteiger partial charge >= 0.3 is 24.1 Å². The van der Waals surface area contributed by atoms with Crippen LogP contribution < -0.4 is 35.3 Å². The monoisotopic (exact) mass is 597 g/mol. The van der Waals surface area contributed by atoms with Crippen molar-refractivity contribution in [2.24, 2.45) is 5.73 Å². The van der Waals surface area contributed by atoms with Crippen molar-refractivity contribution in [3.05, 3.63) is 47.5 Å². The Hall–Kier alpha value is -3.82. The van der Waals surface area contributed by atoms with Crippen molar-refractivity contribution in [1.29, 1.82) is 0 Å². The summed E-state index contributed by atoms with van der Waals surface area (Å²) in [6, 6.07) is 9.27. The number of alkyl carbamates (subject to hydrolysis) is 2. The zero-order valence-corrected chi connectivity index (χ0v) is 23.6. The SMILES string of the molecule is COc1cc(COC(=O)NC(N)NC(=O)OCc2ccc(OC(=O)CCS)c(OC)c2)ccc1OC(=O)CCS. The first-order valence-corrected chi connectivity index (χ1v) is 13.0. The number of benzene rings is 2. The molecule has 0 saturated heterocycles. The van der Waals surface area contributed by atoms with Crippen molar-refractivity contribution >= 4 is 49.4 Å². The lowest BCUT2D eigenvalue weighted by molar-refractivity contribution is -0.134. The fourth-order valence-corrected chi connectivity index (χ4v) is 3.34. The Bertz CT molecular complexity index is 1090. The molecule has 0 aliphatic heterocycles. The first-order chi connectivity index (χ1) is 19.2. The number of hydrogen-bond acceptors (Lipinski definition) is 13. The van der Waals surface area contributed by atoms with Gasteiger partial charge in [0.1, 0.15) is 13.2 Å². The van der Waals surface area contributed by atoms with Gasteiger partial charge in [-0.1, -0.05) is 12.1 Å². The van der Waals surface area contributed by atoms with Crippen LogP contribution in [0, 0.1) is 0 Å². The average molecular weight is 598 g/mol. The number of ether oxygens (including phenoxy) is 6. The van der Waals surface area contributed by atoms with Crippen molar-refractivity contribution in [1.82, 2.24) is 10.6 Å². The summed E-state index contributed by atoms with van der Waals surface area (Å²) < 4.78 is 31.0. The van der Waals surface area contributed by atoms with E-state index in [1.807, 2.05) is 0 Å². The molecular formula is C25H31N3O10S2. The van der Waals surface area contributed by atoms with Gasteiger partial charge in [-0.15, -0.1) is 0 Å². The number of amides is 2. The summed E-state index contributed by atoms with van der Waals surface area (Å²) in [5.74, 6) is 0.751. The van der Waals surface area contributed by atoms with Crippen molar-refractivity contribution in [3.63, 3.8) is 0 Å². The molecule has 0 aliphatic rings. The van der Waals surface area contributed by atoms with Gasteiger partial charge in [-0.2, -0.15) is 25.3 Å². The van der Waals surface area contributed by atoms with Crippen LogP contribution >= 0.6 is 25.3 Å². The van der Waals surface area contributed by atoms with Crippen LogP contribution in [0.2, 0.25) is 0 Å². The molecule has 2 amide bonds. The van der Waals surface area contributed by atoms with Gasteiger partial charge in [-0.05, 0) is 35.4 Å². The summed E-state index contributed by atoms with van der Waals surface area (Å²) in [6.07, 6.45) is -2.87. The third-order valence-electron chi connectivity index (χ3n) is 4.82. The third kappa shape index (κ3) is 11.1. The molecule has 0 heterocycles. The number of nitrogens with one attached hydrogen (secondary N) is 2. The largest absolute Gasteiger partial charge is 0.493 e. The lowest BCUT2D eigenvalue weighted by Crippen LogP contribution is -2.54. The van der Waals surface area contributed by atoms with Gasteiger partial charge in [0.05, 0.1) is 27.1 Å². The molecular weight excluding hydrogens is 566 g/mol. The second-order valence-electron chi connectivity index (χ2n) is 7.78. The van der Waals surface area contributed by atoms with Gasteiger partial charge in [-0.3, -0.25) is 26.0 Å². The maximum atomic E-state index is 12.1. The van der Waals surface area contributed by atoms with Crippen LogP contribution in [0.3, 0.4) is 0 Å². The van der Waals surface area contributed by atoms with Crippen LogP contribution in [0.4, 0.5) is 9.59 Å². The highest BCUT2D eigenvalue weighted by molar-refractivity contribution is 7.80. The molecule has 0 unspecified atom stereocenters. The maximum absolute atomic E-state index is 12.1. The van der Waals surface area contributed by atoms with E-state index >= 15 is 0 Å². The van der Waals surface area contributed by atoms with Gasteiger partial charge in [0.15, 0.2) is 29.3 Å². The Morgan fingerprint density at radius 3 is 1.48 bits per heavy atom. The number of rotatable bonds is 14. The summed E-state index contributed by atoms with van der Waals surface area (Å²) in [7, 11) is 2.81. The summed E-state index contributed by atoms with van der Waals surface area (Å²) in [5, 5.41) is 4.47. The highest BCUT2D eigenvalue weighted by atomic mass is 32.1. The van der Waals surface area contributed by atoms with E-state index in [4.69, 9.17) is 34.2 Å². The quantitative estimate of drug-likeness (QED) is 0.0937. The standard InChI is InChI=1S/C25H31N3O10S2/c1-33-19-11-15(3-5-17(19)37-21(29)7-9-39)13-35-24(31)27-23(26)28-25(32)36-14-16-4-6-18(20(12-16)34-2)38-22(30)8-10-40/h3-6,11-12,23,39-40H,7-10,13-14,26H2,1-2H3,(H,27,31)(H,28,32). The molecule has 2 aromatic rings. The highest BCUT2D eigenvalue weighted by Crippen LogP contribution is 2.29.